The molecule has 2 aromatic carbocycles. The molecule has 2 aliphatic rings. The molecule has 3 heterocycles. The van der Waals surface area contributed by atoms with E-state index in [4.69, 9.17) is 9.31 Å². The van der Waals surface area contributed by atoms with Gasteiger partial charge in [0.15, 0.2) is 9.84 Å². The number of fused-ring (bicyclic) bond motifs is 2. The molecule has 0 saturated carbocycles. The first-order valence-corrected chi connectivity index (χ1v) is 17.6. The van der Waals surface area contributed by atoms with E-state index < -0.39 is 53.4 Å². The molecule has 2 atom stereocenters. The zero-order chi connectivity index (χ0) is 34.6. The van der Waals surface area contributed by atoms with Crippen LogP contribution in [-0.4, -0.2) is 78.4 Å². The van der Waals surface area contributed by atoms with Crippen molar-refractivity contribution in [2.24, 2.45) is 0 Å². The van der Waals surface area contributed by atoms with Gasteiger partial charge in [-0.25, -0.2) is 18.0 Å². The number of carboxylic acids is 2. The molecule has 0 radical (unpaired) electrons. The molecule has 0 unspecified atom stereocenters. The Morgan fingerprint density at radius 2 is 1.27 bits per heavy atom. The lowest BCUT2D eigenvalue weighted by atomic mass is 9.64. The zero-order valence-electron chi connectivity index (χ0n) is 26.0. The van der Waals surface area contributed by atoms with E-state index in [1.54, 1.807) is 38.1 Å². The van der Waals surface area contributed by atoms with E-state index >= 15 is 0 Å². The first-order valence-electron chi connectivity index (χ1n) is 14.7. The molecule has 3 aromatic rings. The van der Waals surface area contributed by atoms with E-state index in [-0.39, 0.29) is 60.9 Å². The highest BCUT2D eigenvalue weighted by Crippen LogP contribution is 2.39. The van der Waals surface area contributed by atoms with Crippen molar-refractivity contribution in [3.8, 4) is 11.5 Å². The van der Waals surface area contributed by atoms with Crippen molar-refractivity contribution in [3.05, 3.63) is 80.0 Å². The van der Waals surface area contributed by atoms with Gasteiger partial charge in [-0.3, -0.25) is 9.59 Å². The minimum atomic E-state index is -3.43. The number of Topliss-reactive ketones (excluding diaryl/α,β-unsaturated/α-hetero) is 2. The number of hydrogen-bond donors (Lipinski definition) is 4. The number of rotatable bonds is 10. The molecule has 12 nitrogen and oxygen atoms in total. The summed E-state index contributed by atoms with van der Waals surface area (Å²) in [5.41, 5.74) is 2.46. The Morgan fingerprint density at radius 3 is 1.67 bits per heavy atom. The highest BCUT2D eigenvalue weighted by atomic mass is 32.2. The Hall–Kier alpha value is -3.98. The van der Waals surface area contributed by atoms with Crippen LogP contribution in [0.15, 0.2) is 41.8 Å². The van der Waals surface area contributed by atoms with Gasteiger partial charge in [0.2, 0.25) is 0 Å². The minimum absolute atomic E-state index is 0. The van der Waals surface area contributed by atoms with Crippen molar-refractivity contribution in [3.63, 3.8) is 0 Å². The van der Waals surface area contributed by atoms with Crippen LogP contribution >= 0.6 is 11.3 Å². The van der Waals surface area contributed by atoms with Crippen LogP contribution in [0.5, 0.6) is 11.5 Å². The summed E-state index contributed by atoms with van der Waals surface area (Å²) in [5.74, 6) is -3.93. The maximum absolute atomic E-state index is 12.2. The molecule has 0 spiro atoms. The second-order valence-electron chi connectivity index (χ2n) is 11.9. The summed E-state index contributed by atoms with van der Waals surface area (Å²) in [5, 5.41) is 40.8. The molecule has 5 rings (SSSR count). The first kappa shape index (κ1) is 38.5. The maximum Gasteiger partial charge on any atom is 0.526 e. The second kappa shape index (κ2) is 15.9. The average molecular weight is 700 g/mol. The zero-order valence-corrected chi connectivity index (χ0v) is 27.6. The third kappa shape index (κ3) is 9.56. The number of benzene rings is 2. The number of aromatic carboxylic acids is 2. The quantitative estimate of drug-likeness (QED) is 0.223. The van der Waals surface area contributed by atoms with Crippen molar-refractivity contribution in [1.29, 1.82) is 0 Å². The van der Waals surface area contributed by atoms with Crippen LogP contribution in [-0.2, 0) is 38.7 Å². The minimum Gasteiger partial charge on any atom is -0.535 e. The van der Waals surface area contributed by atoms with Gasteiger partial charge in [-0.15, -0.1) is 11.3 Å². The lowest BCUT2D eigenvalue weighted by molar-refractivity contribution is -0.118. The van der Waals surface area contributed by atoms with E-state index in [1.165, 1.54) is 11.3 Å². The number of thiophene rings is 1. The molecule has 0 aliphatic carbocycles. The van der Waals surface area contributed by atoms with Gasteiger partial charge in [-0.2, -0.15) is 0 Å². The summed E-state index contributed by atoms with van der Waals surface area (Å²) < 4.78 is 33.1. The molecule has 0 saturated heterocycles. The lowest BCUT2D eigenvalue weighted by Crippen LogP contribution is -2.36. The van der Waals surface area contributed by atoms with Crippen LogP contribution in [0.25, 0.3) is 0 Å². The van der Waals surface area contributed by atoms with Crippen molar-refractivity contribution < 1.29 is 57.2 Å². The SMILES string of the molecule is C.Cc1ccc2c(c1C(=O)O)OB(O)[C@@H](CC(=O)CS(C)(=O)=O)C2.Cc1ccc2c(c1C(=O)O)OB(O)[C@@H](CC(=O)Cc1cccs1)C2. The van der Waals surface area contributed by atoms with Crippen molar-refractivity contribution in [1.82, 2.24) is 0 Å². The number of hydrogen-bond acceptors (Lipinski definition) is 11. The topological polar surface area (TPSA) is 202 Å². The summed E-state index contributed by atoms with van der Waals surface area (Å²) in [4.78, 5) is 47.7. The van der Waals surface area contributed by atoms with E-state index in [0.717, 1.165) is 16.7 Å². The second-order valence-corrected chi connectivity index (χ2v) is 15.0. The fourth-order valence-corrected chi connectivity index (χ4v) is 7.17. The Morgan fingerprint density at radius 1 is 0.812 bits per heavy atom. The molecule has 48 heavy (non-hydrogen) atoms. The average Bonchev–Trinajstić information content (AvgIpc) is 3.46. The molecule has 0 fully saturated rings. The van der Waals surface area contributed by atoms with Crippen LogP contribution < -0.4 is 9.31 Å². The Labute approximate surface area is 283 Å². The van der Waals surface area contributed by atoms with Crippen molar-refractivity contribution >= 4 is 58.9 Å². The largest absolute Gasteiger partial charge is 0.535 e. The summed E-state index contributed by atoms with van der Waals surface area (Å²) in [6.45, 7) is 3.32. The fraction of sp³-hybridized carbons (Fsp3) is 0.375. The van der Waals surface area contributed by atoms with Crippen LogP contribution in [0, 0.1) is 13.8 Å². The molecule has 256 valence electrons. The number of aryl methyl sites for hydroxylation is 2. The van der Waals surface area contributed by atoms with Gasteiger partial charge in [0, 0.05) is 42.0 Å². The summed E-state index contributed by atoms with van der Waals surface area (Å²) in [6, 6.07) is 10.7. The van der Waals surface area contributed by atoms with Gasteiger partial charge < -0.3 is 29.6 Å². The molecular formula is C32H38B2O12S2. The van der Waals surface area contributed by atoms with E-state index in [1.807, 2.05) is 17.5 Å². The number of carbonyl (C=O) groups excluding carboxylic acids is 2. The smallest absolute Gasteiger partial charge is 0.526 e. The summed E-state index contributed by atoms with van der Waals surface area (Å²) in [7, 11) is -5.96. The Balaban J connectivity index is 0.000000255. The van der Waals surface area contributed by atoms with Crippen LogP contribution in [0.1, 0.15) is 68.1 Å². The highest BCUT2D eigenvalue weighted by Gasteiger charge is 2.39. The molecule has 4 N–H and O–H groups in total. The standard InChI is InChI=1S/C17H17BO5S.C14H17BO7S.CH4/c1-10-4-5-11-7-12(8-13(19)9-14-3-2-6-24-14)18(22)23-16(11)15(10)17(20)21;1-8-3-4-9-5-10(6-11(16)7-23(2,20)21)15(19)22-13(9)12(8)14(17)18;/h2-6,12,22H,7-9H2,1H3,(H,20,21);3-4,10,19H,5-7H2,1-2H3,(H,17,18);1H4/t12-;10-;/m11./s1. The third-order valence-electron chi connectivity index (χ3n) is 7.93. The molecular weight excluding hydrogens is 662 g/mol. The Bertz CT molecular complexity index is 1790. The lowest BCUT2D eigenvalue weighted by Gasteiger charge is -2.28. The van der Waals surface area contributed by atoms with Gasteiger partial charge in [-0.05, 0) is 60.4 Å². The predicted molar refractivity (Wildman–Crippen MR) is 182 cm³/mol. The van der Waals surface area contributed by atoms with Gasteiger partial charge in [0.05, 0.1) is 0 Å². The monoisotopic (exact) mass is 700 g/mol. The first-order chi connectivity index (χ1) is 22.0. The highest BCUT2D eigenvalue weighted by molar-refractivity contribution is 7.91. The van der Waals surface area contributed by atoms with Gasteiger partial charge >= 0.3 is 26.2 Å². The number of carboxylic acid groups (broad SMARTS) is 2. The Kier molecular flexibility index (Phi) is 12.8. The molecule has 0 bridgehead atoms. The maximum atomic E-state index is 12.2. The number of ketones is 2. The summed E-state index contributed by atoms with van der Waals surface area (Å²) in [6.07, 6.45) is 2.04. The van der Waals surface area contributed by atoms with E-state index in [2.05, 4.69) is 0 Å². The van der Waals surface area contributed by atoms with Gasteiger partial charge in [0.25, 0.3) is 0 Å². The number of sulfone groups is 1. The van der Waals surface area contributed by atoms with Crippen LogP contribution in [0.3, 0.4) is 0 Å². The van der Waals surface area contributed by atoms with Crippen molar-refractivity contribution in [2.75, 3.05) is 12.0 Å². The predicted octanol–water partition coefficient (Wildman–Crippen LogP) is 3.86. The molecule has 0 amide bonds. The van der Waals surface area contributed by atoms with E-state index in [0.29, 0.717) is 29.5 Å². The normalized spacial score (nSPS) is 16.5. The molecule has 1 aromatic heterocycles. The van der Waals surface area contributed by atoms with Crippen molar-refractivity contribution in [2.45, 2.75) is 65.0 Å². The number of carbonyl (C=O) groups is 4. The van der Waals surface area contributed by atoms with Crippen LogP contribution in [0.4, 0.5) is 0 Å². The van der Waals surface area contributed by atoms with E-state index in [9.17, 15) is 47.9 Å². The van der Waals surface area contributed by atoms with Gasteiger partial charge in [-0.1, -0.05) is 37.8 Å². The third-order valence-corrected chi connectivity index (χ3v) is 9.65. The van der Waals surface area contributed by atoms with Gasteiger partial charge in [0.1, 0.15) is 39.9 Å². The molecule has 16 heteroatoms. The van der Waals surface area contributed by atoms with Crippen LogP contribution in [0.2, 0.25) is 11.6 Å². The fourth-order valence-electron chi connectivity index (χ4n) is 5.73. The summed E-state index contributed by atoms with van der Waals surface area (Å²) >= 11 is 1.53. The molecule has 2 aliphatic heterocycles.